The van der Waals surface area contributed by atoms with Gasteiger partial charge in [-0.2, -0.15) is 0 Å². The van der Waals surface area contributed by atoms with E-state index in [1.165, 1.54) is 6.42 Å². The summed E-state index contributed by atoms with van der Waals surface area (Å²) in [5.74, 6) is 0.293. The summed E-state index contributed by atoms with van der Waals surface area (Å²) in [6.07, 6.45) is 5.92. The van der Waals surface area contributed by atoms with E-state index < -0.39 is 9.84 Å². The van der Waals surface area contributed by atoms with Crippen molar-refractivity contribution in [3.8, 4) is 0 Å². The maximum atomic E-state index is 13.0. The molecular formula is C19H27ClN2O3S. The number of hydrogen-bond donors (Lipinski definition) is 1. The molecule has 1 aliphatic heterocycles. The van der Waals surface area contributed by atoms with Crippen LogP contribution in [0.4, 0.5) is 5.69 Å². The van der Waals surface area contributed by atoms with Gasteiger partial charge in [-0.15, -0.1) is 0 Å². The van der Waals surface area contributed by atoms with Crippen molar-refractivity contribution in [1.82, 2.24) is 4.90 Å². The predicted molar refractivity (Wildman–Crippen MR) is 105 cm³/mol. The number of nitrogens with zero attached hydrogens (tertiary/aromatic N) is 1. The Balaban J connectivity index is 1.71. The van der Waals surface area contributed by atoms with Crippen molar-refractivity contribution in [2.24, 2.45) is 0 Å². The highest BCUT2D eigenvalue weighted by Crippen LogP contribution is 2.28. The maximum absolute atomic E-state index is 13.0. The number of nitrogens with one attached hydrogen (secondary N) is 1. The second-order valence-electron chi connectivity index (χ2n) is 7.46. The third-order valence-electron chi connectivity index (χ3n) is 5.48. The first-order chi connectivity index (χ1) is 12.4. The van der Waals surface area contributed by atoms with Crippen LogP contribution in [0.1, 0.15) is 44.1 Å². The lowest BCUT2D eigenvalue weighted by molar-refractivity contribution is -0.134. The van der Waals surface area contributed by atoms with Gasteiger partial charge in [-0.05, 0) is 49.9 Å². The number of halogens is 1. The molecule has 1 N–H and O–H groups in total. The molecule has 0 spiro atoms. The van der Waals surface area contributed by atoms with Gasteiger partial charge in [0.1, 0.15) is 0 Å². The molecule has 1 saturated carbocycles. The van der Waals surface area contributed by atoms with Crippen LogP contribution >= 0.6 is 11.6 Å². The molecule has 1 aliphatic carbocycles. The van der Waals surface area contributed by atoms with E-state index in [0.29, 0.717) is 11.4 Å². The Kier molecular flexibility index (Phi) is 6.13. The van der Waals surface area contributed by atoms with Crippen molar-refractivity contribution in [3.05, 3.63) is 28.8 Å². The number of rotatable bonds is 5. The van der Waals surface area contributed by atoms with Crippen LogP contribution in [0.15, 0.2) is 18.2 Å². The third kappa shape index (κ3) is 4.71. The first-order valence-corrected chi connectivity index (χ1v) is 11.6. The van der Waals surface area contributed by atoms with Gasteiger partial charge in [-0.25, -0.2) is 8.42 Å². The first-order valence-electron chi connectivity index (χ1n) is 9.37. The molecule has 1 amide bonds. The fraction of sp³-hybridized carbons (Fsp3) is 0.632. The summed E-state index contributed by atoms with van der Waals surface area (Å²) >= 11 is 5.98. The van der Waals surface area contributed by atoms with E-state index in [1.807, 2.05) is 24.0 Å². The monoisotopic (exact) mass is 398 g/mol. The van der Waals surface area contributed by atoms with Crippen LogP contribution in [0.5, 0.6) is 0 Å². The molecular weight excluding hydrogens is 372 g/mol. The summed E-state index contributed by atoms with van der Waals surface area (Å²) in [5, 5.41) is 3.87. The Morgan fingerprint density at radius 1 is 1.19 bits per heavy atom. The molecule has 1 atom stereocenters. The summed E-state index contributed by atoms with van der Waals surface area (Å²) in [6, 6.07) is 5.52. The summed E-state index contributed by atoms with van der Waals surface area (Å²) in [4.78, 5) is 14.9. The highest BCUT2D eigenvalue weighted by molar-refractivity contribution is 7.91. The number of benzene rings is 1. The highest BCUT2D eigenvalue weighted by Gasteiger charge is 2.38. The molecule has 0 radical (unpaired) electrons. The fourth-order valence-electron chi connectivity index (χ4n) is 4.15. The molecule has 7 heteroatoms. The summed E-state index contributed by atoms with van der Waals surface area (Å²) in [5.41, 5.74) is 1.86. The van der Waals surface area contributed by atoms with Crippen molar-refractivity contribution < 1.29 is 13.2 Å². The molecule has 0 aromatic heterocycles. The van der Waals surface area contributed by atoms with Crippen molar-refractivity contribution in [2.45, 2.75) is 57.5 Å². The third-order valence-corrected chi connectivity index (χ3v) is 7.46. The fourth-order valence-corrected chi connectivity index (χ4v) is 6.08. The van der Waals surface area contributed by atoms with E-state index in [4.69, 9.17) is 11.6 Å². The second kappa shape index (κ2) is 8.17. The minimum Gasteiger partial charge on any atom is -0.376 e. The molecule has 2 fully saturated rings. The van der Waals surface area contributed by atoms with Crippen LogP contribution in [0.25, 0.3) is 0 Å². The van der Waals surface area contributed by atoms with Crippen LogP contribution in [0.3, 0.4) is 0 Å². The standard InChI is InChI=1S/C19H27ClN2O3S/c1-14-11-15(20)7-8-18(14)21-12-19(23)22(16-5-3-2-4-6-16)17-9-10-26(24,25)13-17/h7-8,11,16-17,21H,2-6,9-10,12-13H2,1H3. The summed E-state index contributed by atoms with van der Waals surface area (Å²) in [7, 11) is -3.02. The van der Waals surface area contributed by atoms with Crippen LogP contribution in [-0.2, 0) is 14.6 Å². The molecule has 1 heterocycles. The van der Waals surface area contributed by atoms with Gasteiger partial charge < -0.3 is 10.2 Å². The average molecular weight is 399 g/mol. The van der Waals surface area contributed by atoms with E-state index in [1.54, 1.807) is 6.07 Å². The largest absolute Gasteiger partial charge is 0.376 e. The zero-order chi connectivity index (χ0) is 18.7. The molecule has 3 rings (SSSR count). The highest BCUT2D eigenvalue weighted by atomic mass is 35.5. The molecule has 2 aliphatic rings. The molecule has 1 saturated heterocycles. The van der Waals surface area contributed by atoms with Gasteiger partial charge in [-0.3, -0.25) is 4.79 Å². The number of carbonyl (C=O) groups is 1. The van der Waals surface area contributed by atoms with Crippen molar-refractivity contribution in [3.63, 3.8) is 0 Å². The van der Waals surface area contributed by atoms with Gasteiger partial charge >= 0.3 is 0 Å². The Morgan fingerprint density at radius 2 is 1.92 bits per heavy atom. The van der Waals surface area contributed by atoms with Gasteiger partial charge in [-0.1, -0.05) is 30.9 Å². The van der Waals surface area contributed by atoms with Crippen molar-refractivity contribution >= 4 is 33.0 Å². The summed E-state index contributed by atoms with van der Waals surface area (Å²) in [6.45, 7) is 2.12. The molecule has 26 heavy (non-hydrogen) atoms. The minimum atomic E-state index is -3.02. The Bertz CT molecular complexity index is 760. The van der Waals surface area contributed by atoms with Gasteiger partial charge in [0.05, 0.1) is 18.1 Å². The smallest absolute Gasteiger partial charge is 0.242 e. The molecule has 1 aromatic rings. The minimum absolute atomic E-state index is 0.00616. The number of amides is 1. The first kappa shape index (κ1) is 19.5. The normalized spacial score (nSPS) is 22.9. The molecule has 144 valence electrons. The SMILES string of the molecule is Cc1cc(Cl)ccc1NCC(=O)N(C1CCCCC1)C1CCS(=O)(=O)C1. The van der Waals surface area contributed by atoms with E-state index in [0.717, 1.165) is 36.9 Å². The van der Waals surface area contributed by atoms with Gasteiger partial charge in [0.15, 0.2) is 9.84 Å². The second-order valence-corrected chi connectivity index (χ2v) is 10.1. The Labute approximate surface area is 161 Å². The van der Waals surface area contributed by atoms with Crippen LogP contribution < -0.4 is 5.32 Å². The van der Waals surface area contributed by atoms with Gasteiger partial charge in [0, 0.05) is 22.8 Å². The van der Waals surface area contributed by atoms with Gasteiger partial charge in [0.2, 0.25) is 5.91 Å². The number of aryl methyl sites for hydroxylation is 1. The van der Waals surface area contributed by atoms with Crippen molar-refractivity contribution in [2.75, 3.05) is 23.4 Å². The lowest BCUT2D eigenvalue weighted by Crippen LogP contribution is -2.50. The van der Waals surface area contributed by atoms with Gasteiger partial charge in [0.25, 0.3) is 0 Å². The van der Waals surface area contributed by atoms with Crippen LogP contribution in [0.2, 0.25) is 5.02 Å². The van der Waals surface area contributed by atoms with E-state index in [9.17, 15) is 13.2 Å². The lowest BCUT2D eigenvalue weighted by atomic mass is 9.93. The van der Waals surface area contributed by atoms with E-state index in [-0.39, 0.29) is 36.0 Å². The molecule has 1 aromatic carbocycles. The topological polar surface area (TPSA) is 66.5 Å². The molecule has 5 nitrogen and oxygen atoms in total. The number of sulfone groups is 1. The zero-order valence-electron chi connectivity index (χ0n) is 15.2. The Hall–Kier alpha value is -1.27. The maximum Gasteiger partial charge on any atom is 0.242 e. The number of carbonyl (C=O) groups excluding carboxylic acids is 1. The lowest BCUT2D eigenvalue weighted by Gasteiger charge is -2.38. The quantitative estimate of drug-likeness (QED) is 0.825. The predicted octanol–water partition coefficient (Wildman–Crippen LogP) is 3.41. The summed E-state index contributed by atoms with van der Waals surface area (Å²) < 4.78 is 23.9. The van der Waals surface area contributed by atoms with Crippen LogP contribution in [-0.4, -0.2) is 49.4 Å². The molecule has 0 bridgehead atoms. The number of anilines is 1. The van der Waals surface area contributed by atoms with E-state index >= 15 is 0 Å². The van der Waals surface area contributed by atoms with Crippen LogP contribution in [0, 0.1) is 6.92 Å². The number of hydrogen-bond acceptors (Lipinski definition) is 4. The average Bonchev–Trinajstić information content (AvgIpc) is 2.95. The Morgan fingerprint density at radius 3 is 2.54 bits per heavy atom. The zero-order valence-corrected chi connectivity index (χ0v) is 16.8. The molecule has 1 unspecified atom stereocenters. The van der Waals surface area contributed by atoms with E-state index in [2.05, 4.69) is 5.32 Å². The van der Waals surface area contributed by atoms with Crippen molar-refractivity contribution in [1.29, 1.82) is 0 Å².